The molecule has 5 heteroatoms. The molecule has 1 heterocycles. The topological polar surface area (TPSA) is 65.0 Å². The molecule has 0 fully saturated rings. The van der Waals surface area contributed by atoms with Gasteiger partial charge in [0.1, 0.15) is 24.9 Å². The molecule has 1 unspecified atom stereocenters. The molecule has 2 atom stereocenters. The van der Waals surface area contributed by atoms with Crippen molar-refractivity contribution in [2.75, 3.05) is 13.2 Å². The lowest BCUT2D eigenvalue weighted by Gasteiger charge is -2.34. The SMILES string of the molecule is CC1=NC2=C(C(=O)CCC2)[C@@H](c2ccc(C(C)C)cc2)C1C(=O)OCCOc1ccccc1. The van der Waals surface area contributed by atoms with Crippen molar-refractivity contribution in [1.29, 1.82) is 0 Å². The van der Waals surface area contributed by atoms with Gasteiger partial charge < -0.3 is 9.47 Å². The Labute approximate surface area is 195 Å². The van der Waals surface area contributed by atoms with Gasteiger partial charge in [-0.25, -0.2) is 0 Å². The third-order valence-corrected chi connectivity index (χ3v) is 6.39. The highest BCUT2D eigenvalue weighted by Gasteiger charge is 2.43. The smallest absolute Gasteiger partial charge is 0.315 e. The van der Waals surface area contributed by atoms with Crippen LogP contribution in [0.15, 0.2) is 70.9 Å². The monoisotopic (exact) mass is 445 g/mol. The summed E-state index contributed by atoms with van der Waals surface area (Å²) in [5, 5.41) is 0. The van der Waals surface area contributed by atoms with E-state index in [4.69, 9.17) is 14.5 Å². The molecule has 2 aromatic rings. The van der Waals surface area contributed by atoms with Gasteiger partial charge in [0.15, 0.2) is 5.78 Å². The molecule has 0 radical (unpaired) electrons. The van der Waals surface area contributed by atoms with Crippen LogP contribution in [-0.4, -0.2) is 30.7 Å². The molecule has 1 aliphatic carbocycles. The first-order valence-electron chi connectivity index (χ1n) is 11.7. The van der Waals surface area contributed by atoms with E-state index in [1.807, 2.05) is 49.4 Å². The van der Waals surface area contributed by atoms with Gasteiger partial charge in [-0.3, -0.25) is 14.6 Å². The van der Waals surface area contributed by atoms with Crippen molar-refractivity contribution in [2.45, 2.75) is 51.9 Å². The van der Waals surface area contributed by atoms with Crippen LogP contribution in [0, 0.1) is 5.92 Å². The zero-order valence-corrected chi connectivity index (χ0v) is 19.5. The summed E-state index contributed by atoms with van der Waals surface area (Å²) in [4.78, 5) is 30.9. The van der Waals surface area contributed by atoms with Crippen molar-refractivity contribution in [3.63, 3.8) is 0 Å². The summed E-state index contributed by atoms with van der Waals surface area (Å²) in [5.74, 6) is -0.118. The van der Waals surface area contributed by atoms with Gasteiger partial charge in [0, 0.05) is 29.3 Å². The quantitative estimate of drug-likeness (QED) is 0.410. The van der Waals surface area contributed by atoms with Crippen molar-refractivity contribution in [1.82, 2.24) is 0 Å². The van der Waals surface area contributed by atoms with E-state index in [2.05, 4.69) is 26.0 Å². The van der Waals surface area contributed by atoms with E-state index < -0.39 is 5.92 Å². The average molecular weight is 446 g/mol. The first-order valence-corrected chi connectivity index (χ1v) is 11.7. The van der Waals surface area contributed by atoms with Crippen LogP contribution in [0.4, 0.5) is 0 Å². The Kier molecular flexibility index (Phi) is 7.07. The molecular weight excluding hydrogens is 414 g/mol. The second-order valence-corrected chi connectivity index (χ2v) is 9.00. The fourth-order valence-electron chi connectivity index (χ4n) is 4.67. The fraction of sp³-hybridized carbons (Fsp3) is 0.393. The minimum Gasteiger partial charge on any atom is -0.490 e. The Morgan fingerprint density at radius 3 is 2.45 bits per heavy atom. The predicted molar refractivity (Wildman–Crippen MR) is 129 cm³/mol. The van der Waals surface area contributed by atoms with Gasteiger partial charge in [-0.15, -0.1) is 0 Å². The summed E-state index contributed by atoms with van der Waals surface area (Å²) in [7, 11) is 0. The molecule has 0 bridgehead atoms. The van der Waals surface area contributed by atoms with Gasteiger partial charge in [0.25, 0.3) is 0 Å². The summed E-state index contributed by atoms with van der Waals surface area (Å²) in [6, 6.07) is 17.7. The van der Waals surface area contributed by atoms with Crippen LogP contribution in [0.3, 0.4) is 0 Å². The number of ketones is 1. The Morgan fingerprint density at radius 2 is 1.76 bits per heavy atom. The average Bonchev–Trinajstić information content (AvgIpc) is 2.81. The molecule has 1 aliphatic heterocycles. The van der Waals surface area contributed by atoms with Crippen LogP contribution in [0.2, 0.25) is 0 Å². The number of Topliss-reactive ketones (excluding diaryl/α,β-unsaturated/α-hetero) is 1. The molecule has 172 valence electrons. The molecule has 0 aromatic heterocycles. The van der Waals surface area contributed by atoms with Crippen molar-refractivity contribution in [3.8, 4) is 5.75 Å². The van der Waals surface area contributed by atoms with Gasteiger partial charge in [-0.05, 0) is 48.9 Å². The molecule has 0 amide bonds. The van der Waals surface area contributed by atoms with Crippen molar-refractivity contribution < 1.29 is 19.1 Å². The molecule has 2 aromatic carbocycles. The standard InChI is InChI=1S/C28H31NO4/c1-18(2)20-12-14-21(15-13-20)26-25(19(3)29-23-10-7-11-24(30)27(23)26)28(31)33-17-16-32-22-8-5-4-6-9-22/h4-6,8-9,12-15,18,25-26H,7,10-11,16-17H2,1-3H3/t25?,26-/m0/s1. The van der Waals surface area contributed by atoms with E-state index in [-0.39, 0.29) is 30.9 Å². The van der Waals surface area contributed by atoms with E-state index in [9.17, 15) is 9.59 Å². The molecule has 0 saturated heterocycles. The van der Waals surface area contributed by atoms with Gasteiger partial charge in [0.2, 0.25) is 0 Å². The maximum Gasteiger partial charge on any atom is 0.315 e. The molecule has 2 aliphatic rings. The number of benzene rings is 2. The van der Waals surface area contributed by atoms with Gasteiger partial charge in [-0.2, -0.15) is 0 Å². The highest BCUT2D eigenvalue weighted by Crippen LogP contribution is 2.43. The normalized spacial score (nSPS) is 20.4. The Bertz CT molecular complexity index is 1070. The van der Waals surface area contributed by atoms with Crippen molar-refractivity contribution >= 4 is 17.5 Å². The van der Waals surface area contributed by atoms with Crippen molar-refractivity contribution in [2.24, 2.45) is 10.9 Å². The zero-order valence-electron chi connectivity index (χ0n) is 19.5. The number of carbonyl (C=O) groups excluding carboxylic acids is 2. The summed E-state index contributed by atoms with van der Waals surface area (Å²) in [6.07, 6.45) is 2.08. The number of nitrogens with zero attached hydrogens (tertiary/aromatic N) is 1. The van der Waals surface area contributed by atoms with Gasteiger partial charge in [-0.1, -0.05) is 56.3 Å². The lowest BCUT2D eigenvalue weighted by atomic mass is 9.71. The van der Waals surface area contributed by atoms with Crippen LogP contribution in [0.25, 0.3) is 0 Å². The third kappa shape index (κ3) is 5.08. The summed E-state index contributed by atoms with van der Waals surface area (Å²) in [6.45, 7) is 6.56. The Hall–Kier alpha value is -3.21. The van der Waals surface area contributed by atoms with Crippen LogP contribution in [0.5, 0.6) is 5.75 Å². The number of carbonyl (C=O) groups is 2. The number of hydrogen-bond acceptors (Lipinski definition) is 5. The van der Waals surface area contributed by atoms with Gasteiger partial charge in [0.05, 0.1) is 0 Å². The zero-order chi connectivity index (χ0) is 23.4. The maximum absolute atomic E-state index is 13.3. The lowest BCUT2D eigenvalue weighted by Crippen LogP contribution is -2.37. The second kappa shape index (κ2) is 10.2. The van der Waals surface area contributed by atoms with Crippen LogP contribution in [0.1, 0.15) is 63.0 Å². The largest absolute Gasteiger partial charge is 0.490 e. The van der Waals surface area contributed by atoms with Crippen LogP contribution >= 0.6 is 0 Å². The molecule has 0 spiro atoms. The highest BCUT2D eigenvalue weighted by molar-refractivity contribution is 6.08. The van der Waals surface area contributed by atoms with Gasteiger partial charge >= 0.3 is 5.97 Å². The lowest BCUT2D eigenvalue weighted by molar-refractivity contribution is -0.147. The van der Waals surface area contributed by atoms with E-state index in [1.54, 1.807) is 0 Å². The third-order valence-electron chi connectivity index (χ3n) is 6.39. The highest BCUT2D eigenvalue weighted by atomic mass is 16.6. The number of aliphatic imine (C=N–C) groups is 1. The molecule has 4 rings (SSSR count). The van der Waals surface area contributed by atoms with Crippen LogP contribution < -0.4 is 4.74 Å². The number of ether oxygens (including phenoxy) is 2. The maximum atomic E-state index is 13.3. The molecule has 0 N–H and O–H groups in total. The van der Waals surface area contributed by atoms with Crippen molar-refractivity contribution in [3.05, 3.63) is 77.0 Å². The molecule has 5 nitrogen and oxygen atoms in total. The number of hydrogen-bond donors (Lipinski definition) is 0. The Balaban J connectivity index is 1.56. The molecular formula is C28H31NO4. The molecule has 0 saturated carbocycles. The fourth-order valence-corrected chi connectivity index (χ4v) is 4.67. The van der Waals surface area contributed by atoms with E-state index in [1.165, 1.54) is 5.56 Å². The predicted octanol–water partition coefficient (Wildman–Crippen LogP) is 5.61. The minimum atomic E-state index is -0.618. The van der Waals surface area contributed by atoms with E-state index in [0.29, 0.717) is 23.6 Å². The van der Waals surface area contributed by atoms with E-state index in [0.717, 1.165) is 29.9 Å². The number of allylic oxidation sites excluding steroid dienone is 2. The summed E-state index contributed by atoms with van der Waals surface area (Å²) < 4.78 is 11.3. The Morgan fingerprint density at radius 1 is 1.03 bits per heavy atom. The summed E-state index contributed by atoms with van der Waals surface area (Å²) >= 11 is 0. The first-order chi connectivity index (χ1) is 16.0. The number of para-hydroxylation sites is 1. The first kappa shape index (κ1) is 23.0. The van der Waals surface area contributed by atoms with Crippen LogP contribution in [-0.2, 0) is 14.3 Å². The number of esters is 1. The minimum absolute atomic E-state index is 0.0932. The van der Waals surface area contributed by atoms with E-state index >= 15 is 0 Å². The molecule has 33 heavy (non-hydrogen) atoms. The number of rotatable bonds is 7. The summed E-state index contributed by atoms with van der Waals surface area (Å²) in [5.41, 5.74) is 4.40. The second-order valence-electron chi connectivity index (χ2n) is 9.00.